The van der Waals surface area contributed by atoms with Crippen LogP contribution in [0.4, 0.5) is 0 Å². The van der Waals surface area contributed by atoms with Crippen molar-refractivity contribution in [2.24, 2.45) is 5.73 Å². The smallest absolute Gasteiger partial charge is 0.232 e. The molecule has 0 saturated heterocycles. The molecule has 0 fully saturated rings. The maximum atomic E-state index is 11.5. The Bertz CT molecular complexity index is 379. The Morgan fingerprint density at radius 2 is 2.06 bits per heavy atom. The highest BCUT2D eigenvalue weighted by Gasteiger charge is 2.11. The number of nitrogens with two attached hydrogens (primary N) is 1. The molecular weight excluding hydrogens is 232 g/mol. The number of thioether (sulfide) groups is 1. The quantitative estimate of drug-likeness (QED) is 0.818. The fourth-order valence-electron chi connectivity index (χ4n) is 1.41. The fourth-order valence-corrected chi connectivity index (χ4v) is 2.50. The van der Waals surface area contributed by atoms with Crippen LogP contribution in [0, 0.1) is 0 Å². The number of hydrogen-bond acceptors (Lipinski definition) is 3. The van der Waals surface area contributed by atoms with Crippen molar-refractivity contribution in [2.45, 2.75) is 24.3 Å². The maximum Gasteiger partial charge on any atom is 0.232 e. The van der Waals surface area contributed by atoms with Crippen molar-refractivity contribution in [1.82, 2.24) is 4.90 Å². The Balaban J connectivity index is 2.74. The van der Waals surface area contributed by atoms with Crippen molar-refractivity contribution in [3.63, 3.8) is 0 Å². The summed E-state index contributed by atoms with van der Waals surface area (Å²) in [5, 5.41) is 0. The number of rotatable bonds is 5. The summed E-state index contributed by atoms with van der Waals surface area (Å²) < 4.78 is 0. The summed E-state index contributed by atoms with van der Waals surface area (Å²) in [6, 6.07) is 8.08. The van der Waals surface area contributed by atoms with Gasteiger partial charge < -0.3 is 10.6 Å². The van der Waals surface area contributed by atoms with Crippen molar-refractivity contribution < 1.29 is 4.79 Å². The predicted octanol–water partition coefficient (Wildman–Crippen LogP) is 2.28. The van der Waals surface area contributed by atoms with Gasteiger partial charge in [-0.1, -0.05) is 25.1 Å². The zero-order valence-corrected chi connectivity index (χ0v) is 11.5. The van der Waals surface area contributed by atoms with Crippen LogP contribution in [0.1, 0.15) is 24.9 Å². The van der Waals surface area contributed by atoms with Crippen LogP contribution in [-0.4, -0.2) is 30.7 Å². The first kappa shape index (κ1) is 14.1. The first-order valence-electron chi connectivity index (χ1n) is 5.73. The lowest BCUT2D eigenvalue weighted by molar-refractivity contribution is -0.125. The number of benzene rings is 1. The minimum atomic E-state index is 0.0492. The van der Waals surface area contributed by atoms with Gasteiger partial charge in [-0.2, -0.15) is 0 Å². The molecule has 0 radical (unpaired) electrons. The Labute approximate surface area is 107 Å². The molecule has 0 bridgehead atoms. The van der Waals surface area contributed by atoms with Gasteiger partial charge in [-0.15, -0.1) is 11.8 Å². The van der Waals surface area contributed by atoms with E-state index in [0.717, 1.165) is 16.9 Å². The first-order valence-corrected chi connectivity index (χ1v) is 6.72. The molecule has 94 valence electrons. The zero-order chi connectivity index (χ0) is 12.8. The lowest BCUT2D eigenvalue weighted by atomic mass is 10.1. The highest BCUT2D eigenvalue weighted by molar-refractivity contribution is 8.00. The summed E-state index contributed by atoms with van der Waals surface area (Å²) in [6.45, 7) is 2.07. The molecule has 17 heavy (non-hydrogen) atoms. The molecular formula is C13H20N2OS. The highest BCUT2D eigenvalue weighted by atomic mass is 32.2. The Kier molecular flexibility index (Phi) is 5.51. The third-order valence-corrected chi connectivity index (χ3v) is 3.68. The Morgan fingerprint density at radius 3 is 2.65 bits per heavy atom. The van der Waals surface area contributed by atoms with Crippen LogP contribution in [0.25, 0.3) is 0 Å². The van der Waals surface area contributed by atoms with Gasteiger partial charge in [-0.05, 0) is 18.1 Å². The molecule has 4 heteroatoms. The standard InChI is InChI=1S/C13H20N2OS/c1-4-11(14)10-7-5-6-8-12(10)17-9-13(16)15(2)3/h5-8,11H,4,9,14H2,1-3H3/t11-/m0/s1. The van der Waals surface area contributed by atoms with Crippen molar-refractivity contribution >= 4 is 17.7 Å². The highest BCUT2D eigenvalue weighted by Crippen LogP contribution is 2.27. The normalized spacial score (nSPS) is 12.2. The summed E-state index contributed by atoms with van der Waals surface area (Å²) in [5.41, 5.74) is 7.18. The van der Waals surface area contributed by atoms with Crippen LogP contribution >= 0.6 is 11.8 Å². The summed E-state index contributed by atoms with van der Waals surface area (Å²) in [4.78, 5) is 14.3. The number of hydrogen-bond donors (Lipinski definition) is 1. The second-order valence-electron chi connectivity index (χ2n) is 4.13. The van der Waals surface area contributed by atoms with E-state index in [1.54, 1.807) is 30.8 Å². The van der Waals surface area contributed by atoms with E-state index in [0.29, 0.717) is 5.75 Å². The summed E-state index contributed by atoms with van der Waals surface area (Å²) >= 11 is 1.56. The van der Waals surface area contributed by atoms with E-state index in [2.05, 4.69) is 6.92 Å². The van der Waals surface area contributed by atoms with E-state index in [-0.39, 0.29) is 11.9 Å². The largest absolute Gasteiger partial charge is 0.348 e. The minimum absolute atomic E-state index is 0.0492. The molecule has 0 spiro atoms. The topological polar surface area (TPSA) is 46.3 Å². The van der Waals surface area contributed by atoms with Crippen LogP contribution in [0.3, 0.4) is 0 Å². The predicted molar refractivity (Wildman–Crippen MR) is 73.1 cm³/mol. The second-order valence-corrected chi connectivity index (χ2v) is 5.15. The molecule has 0 aromatic heterocycles. The molecule has 0 aliphatic carbocycles. The van der Waals surface area contributed by atoms with E-state index >= 15 is 0 Å². The fraction of sp³-hybridized carbons (Fsp3) is 0.462. The summed E-state index contributed by atoms with van der Waals surface area (Å²) in [7, 11) is 3.54. The van der Waals surface area contributed by atoms with Crippen LogP contribution < -0.4 is 5.73 Å². The van der Waals surface area contributed by atoms with E-state index in [4.69, 9.17) is 5.73 Å². The van der Waals surface area contributed by atoms with Crippen LogP contribution in [0.15, 0.2) is 29.2 Å². The van der Waals surface area contributed by atoms with Gasteiger partial charge in [-0.25, -0.2) is 0 Å². The lowest BCUT2D eigenvalue weighted by Gasteiger charge is -2.15. The van der Waals surface area contributed by atoms with Crippen molar-refractivity contribution in [3.8, 4) is 0 Å². The van der Waals surface area contributed by atoms with E-state index in [9.17, 15) is 4.79 Å². The van der Waals surface area contributed by atoms with Gasteiger partial charge in [-0.3, -0.25) is 4.79 Å². The van der Waals surface area contributed by atoms with Crippen molar-refractivity contribution in [3.05, 3.63) is 29.8 Å². The van der Waals surface area contributed by atoms with Gasteiger partial charge in [0.15, 0.2) is 0 Å². The molecule has 3 nitrogen and oxygen atoms in total. The Morgan fingerprint density at radius 1 is 1.41 bits per heavy atom. The van der Waals surface area contributed by atoms with Crippen molar-refractivity contribution in [1.29, 1.82) is 0 Å². The minimum Gasteiger partial charge on any atom is -0.348 e. The molecule has 0 saturated carbocycles. The van der Waals surface area contributed by atoms with Gasteiger partial charge >= 0.3 is 0 Å². The van der Waals surface area contributed by atoms with Gasteiger partial charge in [0.05, 0.1) is 5.75 Å². The third kappa shape index (κ3) is 4.06. The third-order valence-electron chi connectivity index (χ3n) is 2.61. The maximum absolute atomic E-state index is 11.5. The first-order chi connectivity index (χ1) is 8.06. The number of carbonyl (C=O) groups is 1. The average Bonchev–Trinajstić information content (AvgIpc) is 2.35. The van der Waals surface area contributed by atoms with Crippen LogP contribution in [0.2, 0.25) is 0 Å². The molecule has 1 amide bonds. The van der Waals surface area contributed by atoms with Gasteiger partial charge in [0.1, 0.15) is 0 Å². The number of amides is 1. The van der Waals surface area contributed by atoms with Gasteiger partial charge in [0, 0.05) is 25.0 Å². The molecule has 1 atom stereocenters. The van der Waals surface area contributed by atoms with E-state index in [1.807, 2.05) is 24.3 Å². The van der Waals surface area contributed by atoms with E-state index in [1.165, 1.54) is 0 Å². The molecule has 1 aromatic carbocycles. The van der Waals surface area contributed by atoms with Crippen LogP contribution in [0.5, 0.6) is 0 Å². The van der Waals surface area contributed by atoms with E-state index < -0.39 is 0 Å². The summed E-state index contributed by atoms with van der Waals surface area (Å²) in [6.07, 6.45) is 0.902. The SMILES string of the molecule is CC[C@H](N)c1ccccc1SCC(=O)N(C)C. The molecule has 0 heterocycles. The number of nitrogens with zero attached hydrogens (tertiary/aromatic N) is 1. The average molecular weight is 252 g/mol. The van der Waals surface area contributed by atoms with Gasteiger partial charge in [0.25, 0.3) is 0 Å². The number of carbonyl (C=O) groups excluding carboxylic acids is 1. The molecule has 0 aliphatic rings. The van der Waals surface area contributed by atoms with Crippen molar-refractivity contribution in [2.75, 3.05) is 19.8 Å². The Hall–Kier alpha value is -1.00. The zero-order valence-electron chi connectivity index (χ0n) is 10.6. The molecule has 1 rings (SSSR count). The summed E-state index contributed by atoms with van der Waals surface area (Å²) in [5.74, 6) is 0.579. The molecule has 0 unspecified atom stereocenters. The molecule has 0 aliphatic heterocycles. The monoisotopic (exact) mass is 252 g/mol. The lowest BCUT2D eigenvalue weighted by Crippen LogP contribution is -2.23. The molecule has 1 aromatic rings. The second kappa shape index (κ2) is 6.67. The molecule has 2 N–H and O–H groups in total. The van der Waals surface area contributed by atoms with Crippen LogP contribution in [-0.2, 0) is 4.79 Å². The van der Waals surface area contributed by atoms with Gasteiger partial charge in [0.2, 0.25) is 5.91 Å².